The first-order valence-corrected chi connectivity index (χ1v) is 3.74. The molecule has 0 aromatic rings. The zero-order valence-corrected chi connectivity index (χ0v) is 7.45. The highest BCUT2D eigenvalue weighted by Crippen LogP contribution is 1.81. The predicted octanol–water partition coefficient (Wildman–Crippen LogP) is 0.150. The highest BCUT2D eigenvalue weighted by molar-refractivity contribution is 5.59. The first kappa shape index (κ1) is 13.8. The van der Waals surface area contributed by atoms with Crippen LogP contribution in [0.2, 0.25) is 0 Å². The van der Waals surface area contributed by atoms with E-state index in [1.54, 1.807) is 13.8 Å². The van der Waals surface area contributed by atoms with Crippen LogP contribution in [0.5, 0.6) is 0 Å². The standard InChI is InChI=1S/C5H10O3.C2H6O2/c1-3-7-5(6)8-4-2;3-1-2-4/h3-4H2,1-2H3;3-4H,1-2H2. The summed E-state index contributed by atoms with van der Waals surface area (Å²) in [6.07, 6.45) is -0.588. The van der Waals surface area contributed by atoms with Crippen LogP contribution < -0.4 is 0 Å². The molecule has 0 atom stereocenters. The molecule has 12 heavy (non-hydrogen) atoms. The van der Waals surface area contributed by atoms with Crippen molar-refractivity contribution in [1.29, 1.82) is 0 Å². The van der Waals surface area contributed by atoms with Crippen LogP contribution in [0.3, 0.4) is 0 Å². The minimum Gasteiger partial charge on any atom is -0.435 e. The fourth-order valence-corrected chi connectivity index (χ4v) is 0.277. The molecule has 0 radical (unpaired) electrons. The number of rotatable bonds is 3. The van der Waals surface area contributed by atoms with Crippen LogP contribution in [0.1, 0.15) is 13.8 Å². The van der Waals surface area contributed by atoms with Crippen LogP contribution >= 0.6 is 0 Å². The zero-order valence-electron chi connectivity index (χ0n) is 7.45. The molecular formula is C7H16O5. The van der Waals surface area contributed by atoms with Crippen molar-refractivity contribution < 1.29 is 24.5 Å². The fraction of sp³-hybridized carbons (Fsp3) is 0.857. The SMILES string of the molecule is CCOC(=O)OCC.OCCO. The summed E-state index contributed by atoms with van der Waals surface area (Å²) in [7, 11) is 0. The van der Waals surface area contributed by atoms with E-state index in [9.17, 15) is 4.79 Å². The molecule has 0 rings (SSSR count). The van der Waals surface area contributed by atoms with Crippen molar-refractivity contribution in [2.75, 3.05) is 26.4 Å². The van der Waals surface area contributed by atoms with Gasteiger partial charge in [0, 0.05) is 0 Å². The van der Waals surface area contributed by atoms with Crippen LogP contribution in [0, 0.1) is 0 Å². The quantitative estimate of drug-likeness (QED) is 0.604. The summed E-state index contributed by atoms with van der Waals surface area (Å²) in [6, 6.07) is 0. The molecule has 0 amide bonds. The van der Waals surface area contributed by atoms with Gasteiger partial charge in [0.05, 0.1) is 26.4 Å². The Balaban J connectivity index is 0. The Morgan fingerprint density at radius 1 is 1.08 bits per heavy atom. The molecule has 0 heterocycles. The van der Waals surface area contributed by atoms with E-state index < -0.39 is 6.16 Å². The molecule has 0 aliphatic heterocycles. The summed E-state index contributed by atoms with van der Waals surface area (Å²) in [6.45, 7) is 3.96. The fourth-order valence-electron chi connectivity index (χ4n) is 0.277. The second-order valence-electron chi connectivity index (χ2n) is 1.56. The monoisotopic (exact) mass is 180 g/mol. The van der Waals surface area contributed by atoms with Crippen LogP contribution in [-0.4, -0.2) is 42.8 Å². The van der Waals surface area contributed by atoms with Gasteiger partial charge in [0.2, 0.25) is 0 Å². The summed E-state index contributed by atoms with van der Waals surface area (Å²) in [5, 5.41) is 15.2. The molecule has 0 fully saturated rings. The number of hydrogen-bond acceptors (Lipinski definition) is 5. The van der Waals surface area contributed by atoms with E-state index in [4.69, 9.17) is 10.2 Å². The van der Waals surface area contributed by atoms with Crippen molar-refractivity contribution in [3.63, 3.8) is 0 Å². The molecule has 2 N–H and O–H groups in total. The van der Waals surface area contributed by atoms with Gasteiger partial charge in [-0.1, -0.05) is 0 Å². The largest absolute Gasteiger partial charge is 0.508 e. The molecule has 0 saturated heterocycles. The molecule has 0 saturated carbocycles. The average molecular weight is 180 g/mol. The van der Waals surface area contributed by atoms with E-state index in [1.165, 1.54) is 0 Å². The summed E-state index contributed by atoms with van der Waals surface area (Å²) in [5.41, 5.74) is 0. The first-order chi connectivity index (χ1) is 5.72. The van der Waals surface area contributed by atoms with E-state index >= 15 is 0 Å². The third-order valence-corrected chi connectivity index (χ3v) is 0.624. The molecule has 0 aromatic carbocycles. The summed E-state index contributed by atoms with van der Waals surface area (Å²) in [4.78, 5) is 10.2. The Morgan fingerprint density at radius 3 is 1.58 bits per heavy atom. The smallest absolute Gasteiger partial charge is 0.435 e. The first-order valence-electron chi connectivity index (χ1n) is 3.74. The van der Waals surface area contributed by atoms with Gasteiger partial charge in [-0.2, -0.15) is 0 Å². The third kappa shape index (κ3) is 16.1. The molecule has 0 aliphatic carbocycles. The van der Waals surface area contributed by atoms with Gasteiger partial charge in [-0.3, -0.25) is 0 Å². The van der Waals surface area contributed by atoms with Crippen molar-refractivity contribution in [2.24, 2.45) is 0 Å². The normalized spacial score (nSPS) is 8.00. The van der Waals surface area contributed by atoms with Gasteiger partial charge in [-0.05, 0) is 13.8 Å². The summed E-state index contributed by atoms with van der Waals surface area (Å²) >= 11 is 0. The Hall–Kier alpha value is -0.810. The van der Waals surface area contributed by atoms with Crippen LogP contribution in [0.25, 0.3) is 0 Å². The van der Waals surface area contributed by atoms with Crippen molar-refractivity contribution in [1.82, 2.24) is 0 Å². The third-order valence-electron chi connectivity index (χ3n) is 0.624. The number of aliphatic hydroxyl groups is 2. The van der Waals surface area contributed by atoms with Crippen LogP contribution in [0.15, 0.2) is 0 Å². The molecule has 0 spiro atoms. The van der Waals surface area contributed by atoms with E-state index in [0.717, 1.165) is 0 Å². The van der Waals surface area contributed by atoms with Crippen LogP contribution in [0.4, 0.5) is 4.79 Å². The van der Waals surface area contributed by atoms with E-state index in [-0.39, 0.29) is 13.2 Å². The van der Waals surface area contributed by atoms with Gasteiger partial charge in [-0.15, -0.1) is 0 Å². The molecule has 74 valence electrons. The molecule has 0 aliphatic rings. The number of aliphatic hydroxyl groups excluding tert-OH is 2. The lowest BCUT2D eigenvalue weighted by molar-refractivity contribution is 0.0630. The Labute approximate surface area is 71.9 Å². The maximum atomic E-state index is 10.2. The van der Waals surface area contributed by atoms with Crippen molar-refractivity contribution >= 4 is 6.16 Å². The molecule has 0 aromatic heterocycles. The number of carbonyl (C=O) groups is 1. The lowest BCUT2D eigenvalue weighted by Crippen LogP contribution is -2.05. The van der Waals surface area contributed by atoms with Gasteiger partial charge in [0.1, 0.15) is 0 Å². The average Bonchev–Trinajstić information content (AvgIpc) is 2.06. The van der Waals surface area contributed by atoms with Crippen molar-refractivity contribution in [3.8, 4) is 0 Å². The minimum atomic E-state index is -0.588. The summed E-state index contributed by atoms with van der Waals surface area (Å²) in [5.74, 6) is 0. The van der Waals surface area contributed by atoms with Gasteiger partial charge in [-0.25, -0.2) is 4.79 Å². The van der Waals surface area contributed by atoms with Gasteiger partial charge in [0.15, 0.2) is 0 Å². The molecule has 5 nitrogen and oxygen atoms in total. The zero-order chi connectivity index (χ0) is 9.82. The maximum Gasteiger partial charge on any atom is 0.508 e. The Kier molecular flexibility index (Phi) is 14.7. The number of ether oxygens (including phenoxy) is 2. The number of carbonyl (C=O) groups excluding carboxylic acids is 1. The lowest BCUT2D eigenvalue weighted by atomic mass is 10.8. The Morgan fingerprint density at radius 2 is 1.42 bits per heavy atom. The van der Waals surface area contributed by atoms with Crippen molar-refractivity contribution in [2.45, 2.75) is 13.8 Å². The van der Waals surface area contributed by atoms with Gasteiger partial charge >= 0.3 is 6.16 Å². The molecular weight excluding hydrogens is 164 g/mol. The molecule has 5 heteroatoms. The minimum absolute atomic E-state index is 0.125. The molecule has 0 bridgehead atoms. The van der Waals surface area contributed by atoms with Gasteiger partial charge < -0.3 is 19.7 Å². The second kappa shape index (κ2) is 12.8. The maximum absolute atomic E-state index is 10.2. The topological polar surface area (TPSA) is 76.0 Å². The predicted molar refractivity (Wildman–Crippen MR) is 42.8 cm³/mol. The second-order valence-corrected chi connectivity index (χ2v) is 1.56. The molecule has 0 unspecified atom stereocenters. The highest BCUT2D eigenvalue weighted by Gasteiger charge is 1.96. The van der Waals surface area contributed by atoms with Crippen LogP contribution in [-0.2, 0) is 9.47 Å². The Bertz CT molecular complexity index is 83.8. The van der Waals surface area contributed by atoms with Crippen molar-refractivity contribution in [3.05, 3.63) is 0 Å². The van der Waals surface area contributed by atoms with E-state index in [1.807, 2.05) is 0 Å². The lowest BCUT2D eigenvalue weighted by Gasteiger charge is -1.98. The van der Waals surface area contributed by atoms with Gasteiger partial charge in [0.25, 0.3) is 0 Å². The highest BCUT2D eigenvalue weighted by atomic mass is 16.7. The van der Waals surface area contributed by atoms with E-state index in [2.05, 4.69) is 9.47 Å². The summed E-state index contributed by atoms with van der Waals surface area (Å²) < 4.78 is 8.84. The van der Waals surface area contributed by atoms with E-state index in [0.29, 0.717) is 13.2 Å². The number of hydrogen-bond donors (Lipinski definition) is 2.